The number of nitrogen functional groups attached to an aromatic ring is 1. The van der Waals surface area contributed by atoms with Crippen LogP contribution in [0.5, 0.6) is 0 Å². The Morgan fingerprint density at radius 3 is 2.41 bits per heavy atom. The van der Waals surface area contributed by atoms with Crippen LogP contribution in [-0.2, 0) is 10.1 Å². The number of anilines is 1. The molecule has 0 amide bonds. The van der Waals surface area contributed by atoms with E-state index in [1.165, 1.54) is 24.7 Å². The van der Waals surface area contributed by atoms with E-state index >= 15 is 0 Å². The first-order valence-corrected chi connectivity index (χ1v) is 9.44. The van der Waals surface area contributed by atoms with Gasteiger partial charge in [-0.05, 0) is 18.2 Å². The predicted octanol–water partition coefficient (Wildman–Crippen LogP) is 3.49. The maximum atomic E-state index is 11.8. The molecule has 4 rings (SSSR count). The number of nitrogens with two attached hydrogens (primary N) is 1. The average Bonchev–Trinajstić information content (AvgIpc) is 3.22. The Morgan fingerprint density at radius 1 is 1.03 bits per heavy atom. The minimum atomic E-state index is -4.47. The molecule has 0 bridgehead atoms. The summed E-state index contributed by atoms with van der Waals surface area (Å²) in [4.78, 5) is 7.90. The maximum absolute atomic E-state index is 11.8. The predicted molar refractivity (Wildman–Crippen MR) is 109 cm³/mol. The summed E-state index contributed by atoms with van der Waals surface area (Å²) in [5.41, 5.74) is 7.42. The van der Waals surface area contributed by atoms with Crippen molar-refractivity contribution in [2.45, 2.75) is 4.90 Å². The van der Waals surface area contributed by atoms with Gasteiger partial charge in [0.05, 0.1) is 18.1 Å². The van der Waals surface area contributed by atoms with E-state index in [1.54, 1.807) is 36.4 Å². The summed E-state index contributed by atoms with van der Waals surface area (Å²) in [5.74, 6) is 0.375. The first-order valence-electron chi connectivity index (χ1n) is 8.00. The molecule has 0 unspecified atom stereocenters. The van der Waals surface area contributed by atoms with Gasteiger partial charge in [-0.25, -0.2) is 9.97 Å². The Morgan fingerprint density at radius 2 is 1.79 bits per heavy atom. The zero-order valence-corrected chi connectivity index (χ0v) is 15.0. The third kappa shape index (κ3) is 4.36. The Kier molecular flexibility index (Phi) is 6.10. The van der Waals surface area contributed by atoms with Crippen LogP contribution in [0, 0.1) is 0 Å². The average molecular weight is 419 g/mol. The van der Waals surface area contributed by atoms with Gasteiger partial charge in [-0.1, -0.05) is 24.3 Å². The Labute approximate surface area is 187 Å². The van der Waals surface area contributed by atoms with Crippen molar-refractivity contribution in [1.29, 1.82) is 0 Å². The second-order valence-corrected chi connectivity index (χ2v) is 7.16. The monoisotopic (exact) mass is 419 g/mol. The molecule has 11 heteroatoms. The van der Waals surface area contributed by atoms with E-state index in [2.05, 4.69) is 20.2 Å². The number of rotatable bonds is 4. The first kappa shape index (κ1) is 21.1. The Hall–Kier alpha value is -2.63. The fourth-order valence-corrected chi connectivity index (χ4v) is 3.40. The molecule has 0 aliphatic rings. The van der Waals surface area contributed by atoms with Gasteiger partial charge in [0.2, 0.25) is 5.89 Å². The van der Waals surface area contributed by atoms with Crippen molar-refractivity contribution in [1.82, 2.24) is 9.97 Å². The van der Waals surface area contributed by atoms with Gasteiger partial charge in [0, 0.05) is 10.8 Å². The molecule has 2 aromatic heterocycles. The molecule has 0 saturated heterocycles. The summed E-state index contributed by atoms with van der Waals surface area (Å²) in [6.07, 6.45) is 4.42. The fraction of sp³-hybridized carbons (Fsp3) is 0. The molecule has 4 aromatic rings. The van der Waals surface area contributed by atoms with Gasteiger partial charge in [0.15, 0.2) is 0 Å². The quantitative estimate of drug-likeness (QED) is 0.223. The van der Waals surface area contributed by atoms with Crippen LogP contribution < -0.4 is 5.73 Å². The summed E-state index contributed by atoms with van der Waals surface area (Å²) in [6.45, 7) is 0. The fourth-order valence-electron chi connectivity index (χ4n) is 2.68. The van der Waals surface area contributed by atoms with Crippen LogP contribution in [0.25, 0.3) is 22.4 Å². The van der Waals surface area contributed by atoms with Gasteiger partial charge in [0.1, 0.15) is 28.2 Å². The molecule has 0 aliphatic carbocycles. The first-order chi connectivity index (χ1) is 13.4. The molecule has 2 aromatic carbocycles. The van der Waals surface area contributed by atoms with Gasteiger partial charge >= 0.3 is 29.6 Å². The van der Waals surface area contributed by atoms with Crippen LogP contribution in [0.2, 0.25) is 0 Å². The molecule has 9 nitrogen and oxygen atoms in total. The number of hydrogen-bond acceptors (Lipinski definition) is 8. The van der Waals surface area contributed by atoms with Crippen LogP contribution in [-0.4, -0.2) is 52.5 Å². The Bertz CT molecular complexity index is 1290. The van der Waals surface area contributed by atoms with Crippen molar-refractivity contribution >= 4 is 67.5 Å². The minimum absolute atomic E-state index is 0. The summed E-state index contributed by atoms with van der Waals surface area (Å²) < 4.78 is 38.2. The van der Waals surface area contributed by atoms with E-state index in [9.17, 15) is 13.0 Å². The molecule has 0 radical (unpaired) electrons. The number of benzene rings is 2. The standard InChI is InChI=1S/C18H13N5O4S.Na.H/c19-17-13-4-2-1-3-12(13)16(28(24,25)26)9-15(17)23-22-11-5-6-14(21-10-11)18-20-7-8-27-18;;/h1-10H,19H2,(H,24,25,26);;/b23-22+;;. The molecule has 2 heterocycles. The summed E-state index contributed by atoms with van der Waals surface area (Å²) in [7, 11) is -4.47. The van der Waals surface area contributed by atoms with Gasteiger partial charge in [-0.2, -0.15) is 8.42 Å². The number of hydrogen-bond donors (Lipinski definition) is 2. The second kappa shape index (κ2) is 8.39. The number of pyridine rings is 1. The number of nitrogens with zero attached hydrogens (tertiary/aromatic N) is 4. The molecule has 0 atom stereocenters. The van der Waals surface area contributed by atoms with E-state index in [4.69, 9.17) is 10.2 Å². The zero-order chi connectivity index (χ0) is 19.7. The van der Waals surface area contributed by atoms with Crippen LogP contribution >= 0.6 is 0 Å². The Balaban J connectivity index is 0.00000240. The molecule has 0 fully saturated rings. The van der Waals surface area contributed by atoms with Crippen molar-refractivity contribution in [2.75, 3.05) is 5.73 Å². The summed E-state index contributed by atoms with van der Waals surface area (Å²) in [5, 5.41) is 8.84. The topological polar surface area (TPSA) is 144 Å². The van der Waals surface area contributed by atoms with Gasteiger partial charge < -0.3 is 10.2 Å². The summed E-state index contributed by atoms with van der Waals surface area (Å²) in [6, 6.07) is 11.1. The van der Waals surface area contributed by atoms with Gasteiger partial charge in [0.25, 0.3) is 10.1 Å². The van der Waals surface area contributed by atoms with Crippen LogP contribution in [0.4, 0.5) is 17.1 Å². The van der Waals surface area contributed by atoms with E-state index in [-0.39, 0.29) is 45.8 Å². The third-order valence-corrected chi connectivity index (χ3v) is 4.87. The molecule has 29 heavy (non-hydrogen) atoms. The zero-order valence-electron chi connectivity index (χ0n) is 14.2. The SMILES string of the molecule is Nc1c(/N=N/c2ccc(-c3ncco3)nc2)cc(S(=O)(=O)O)c2ccccc12.[NaH]. The van der Waals surface area contributed by atoms with Crippen molar-refractivity contribution in [3.63, 3.8) is 0 Å². The molecule has 0 aliphatic heterocycles. The van der Waals surface area contributed by atoms with Gasteiger partial charge in [-0.3, -0.25) is 4.55 Å². The van der Waals surface area contributed by atoms with E-state index in [0.29, 0.717) is 28.0 Å². The summed E-state index contributed by atoms with van der Waals surface area (Å²) >= 11 is 0. The van der Waals surface area contributed by atoms with Crippen LogP contribution in [0.1, 0.15) is 0 Å². The molecule has 0 saturated carbocycles. The molecular formula is C18H14N5NaO4S. The number of azo groups is 1. The van der Waals surface area contributed by atoms with Gasteiger partial charge in [-0.15, -0.1) is 10.2 Å². The molecular weight excluding hydrogens is 405 g/mol. The van der Waals surface area contributed by atoms with E-state index in [1.807, 2.05) is 0 Å². The van der Waals surface area contributed by atoms with Crippen molar-refractivity contribution in [3.8, 4) is 11.6 Å². The van der Waals surface area contributed by atoms with Crippen molar-refractivity contribution in [3.05, 3.63) is 61.1 Å². The normalized spacial score (nSPS) is 11.6. The molecule has 142 valence electrons. The van der Waals surface area contributed by atoms with Crippen molar-refractivity contribution < 1.29 is 17.4 Å². The molecule has 3 N–H and O–H groups in total. The van der Waals surface area contributed by atoms with E-state index in [0.717, 1.165) is 0 Å². The number of fused-ring (bicyclic) bond motifs is 1. The van der Waals surface area contributed by atoms with Crippen LogP contribution in [0.15, 0.2) is 80.7 Å². The third-order valence-electron chi connectivity index (χ3n) is 3.98. The number of oxazole rings is 1. The molecule has 0 spiro atoms. The second-order valence-electron chi connectivity index (χ2n) is 5.77. The van der Waals surface area contributed by atoms with Crippen LogP contribution in [0.3, 0.4) is 0 Å². The number of aromatic nitrogens is 2. The van der Waals surface area contributed by atoms with Crippen molar-refractivity contribution in [2.24, 2.45) is 10.2 Å². The van der Waals surface area contributed by atoms with E-state index < -0.39 is 10.1 Å².